The average Bonchev–Trinajstić information content (AvgIpc) is 3.14. The van der Waals surface area contributed by atoms with E-state index in [1.54, 1.807) is 12.1 Å². The number of ether oxygens (including phenoxy) is 1. The first-order valence-electron chi connectivity index (χ1n) is 8.97. The minimum atomic E-state index is 0.0469. The Morgan fingerprint density at radius 1 is 1.15 bits per heavy atom. The number of aryl methyl sites for hydroxylation is 1. The molecule has 6 heteroatoms. The minimum absolute atomic E-state index is 0.0469. The van der Waals surface area contributed by atoms with Crippen molar-refractivity contribution in [1.29, 1.82) is 5.26 Å². The second-order valence-electron chi connectivity index (χ2n) is 6.60. The van der Waals surface area contributed by atoms with Gasteiger partial charge in [0.25, 0.3) is 0 Å². The normalized spacial score (nSPS) is 16.5. The predicted octanol–water partition coefficient (Wildman–Crippen LogP) is 3.43. The molecule has 1 aliphatic rings. The third kappa shape index (κ3) is 3.83. The van der Waals surface area contributed by atoms with Crippen LogP contribution in [0.1, 0.15) is 34.5 Å². The molecule has 1 aliphatic heterocycles. The van der Waals surface area contributed by atoms with Gasteiger partial charge in [-0.15, -0.1) is 10.2 Å². The summed E-state index contributed by atoms with van der Waals surface area (Å²) in [6, 6.07) is 17.8. The Morgan fingerprint density at radius 3 is 2.63 bits per heavy atom. The Balaban J connectivity index is 1.47. The van der Waals surface area contributed by atoms with E-state index in [0.29, 0.717) is 24.0 Å². The summed E-state index contributed by atoms with van der Waals surface area (Å²) in [7, 11) is 0. The summed E-state index contributed by atoms with van der Waals surface area (Å²) < 4.78 is 11.6. The van der Waals surface area contributed by atoms with Gasteiger partial charge in [0.2, 0.25) is 11.8 Å². The number of hydrogen-bond donors (Lipinski definition) is 0. The van der Waals surface area contributed by atoms with Crippen molar-refractivity contribution in [1.82, 2.24) is 15.1 Å². The molecule has 136 valence electrons. The van der Waals surface area contributed by atoms with Crippen molar-refractivity contribution in [2.45, 2.75) is 25.9 Å². The van der Waals surface area contributed by atoms with Gasteiger partial charge >= 0.3 is 0 Å². The average molecular weight is 360 g/mol. The first-order chi connectivity index (χ1) is 13.2. The molecule has 0 N–H and O–H groups in total. The molecule has 1 aromatic heterocycles. The van der Waals surface area contributed by atoms with Crippen LogP contribution < -0.4 is 4.74 Å². The van der Waals surface area contributed by atoms with Gasteiger partial charge in [0, 0.05) is 20.0 Å². The molecular weight excluding hydrogens is 340 g/mol. The first kappa shape index (κ1) is 17.3. The lowest BCUT2D eigenvalue weighted by atomic mass is 9.94. The number of hydrogen-bond acceptors (Lipinski definition) is 6. The second kappa shape index (κ2) is 7.60. The molecule has 0 aliphatic carbocycles. The number of nitriles is 1. The number of aromatic nitrogens is 2. The van der Waals surface area contributed by atoms with Crippen molar-refractivity contribution in [2.24, 2.45) is 0 Å². The molecule has 2 heterocycles. The van der Waals surface area contributed by atoms with Crippen LogP contribution >= 0.6 is 0 Å². The van der Waals surface area contributed by atoms with Gasteiger partial charge in [0.15, 0.2) is 0 Å². The zero-order valence-electron chi connectivity index (χ0n) is 15.1. The van der Waals surface area contributed by atoms with Gasteiger partial charge in [-0.2, -0.15) is 5.26 Å². The summed E-state index contributed by atoms with van der Waals surface area (Å²) in [5, 5.41) is 17.1. The molecule has 27 heavy (non-hydrogen) atoms. The van der Waals surface area contributed by atoms with Gasteiger partial charge in [-0.25, -0.2) is 0 Å². The summed E-state index contributed by atoms with van der Waals surface area (Å²) in [5.41, 5.74) is 3.27. The largest absolute Gasteiger partial charge is 0.492 e. The molecule has 0 amide bonds. The van der Waals surface area contributed by atoms with E-state index in [4.69, 9.17) is 14.4 Å². The Hall–Kier alpha value is -3.17. The molecule has 6 nitrogen and oxygen atoms in total. The fourth-order valence-corrected chi connectivity index (χ4v) is 3.41. The van der Waals surface area contributed by atoms with E-state index < -0.39 is 0 Å². The van der Waals surface area contributed by atoms with Gasteiger partial charge in [-0.05, 0) is 41.8 Å². The molecular formula is C21H20N4O2. The van der Waals surface area contributed by atoms with Crippen molar-refractivity contribution in [3.63, 3.8) is 0 Å². The quantitative estimate of drug-likeness (QED) is 0.694. The summed E-state index contributed by atoms with van der Waals surface area (Å²) >= 11 is 0. The molecule has 2 aromatic carbocycles. The van der Waals surface area contributed by atoms with Gasteiger partial charge in [0.05, 0.1) is 17.7 Å². The predicted molar refractivity (Wildman–Crippen MR) is 99.0 cm³/mol. The standard InChI is InChI=1S/C21H20N4O2/c1-15-23-24-21(27-15)20-12-17-4-2-3-5-18(17)14-25(20)10-11-26-19-8-6-16(13-22)7-9-19/h2-9,20H,10-12,14H2,1H3. The van der Waals surface area contributed by atoms with E-state index in [2.05, 4.69) is 45.4 Å². The molecule has 4 rings (SSSR count). The Kier molecular flexibility index (Phi) is 4.86. The molecule has 1 atom stereocenters. The van der Waals surface area contributed by atoms with E-state index in [-0.39, 0.29) is 6.04 Å². The van der Waals surface area contributed by atoms with Crippen molar-refractivity contribution in [3.8, 4) is 11.8 Å². The smallest absolute Gasteiger partial charge is 0.233 e. The molecule has 0 bridgehead atoms. The fourth-order valence-electron chi connectivity index (χ4n) is 3.41. The maximum absolute atomic E-state index is 8.88. The number of fused-ring (bicyclic) bond motifs is 1. The van der Waals surface area contributed by atoms with Crippen LogP contribution in [0.15, 0.2) is 52.9 Å². The van der Waals surface area contributed by atoms with Crippen LogP contribution in [0.3, 0.4) is 0 Å². The number of benzene rings is 2. The number of rotatable bonds is 5. The van der Waals surface area contributed by atoms with E-state index in [9.17, 15) is 0 Å². The van der Waals surface area contributed by atoms with E-state index in [1.165, 1.54) is 11.1 Å². The highest BCUT2D eigenvalue weighted by Crippen LogP contribution is 2.32. The van der Waals surface area contributed by atoms with Crippen molar-refractivity contribution in [2.75, 3.05) is 13.2 Å². The van der Waals surface area contributed by atoms with E-state index >= 15 is 0 Å². The molecule has 0 radical (unpaired) electrons. The maximum atomic E-state index is 8.88. The minimum Gasteiger partial charge on any atom is -0.492 e. The van der Waals surface area contributed by atoms with Crippen LogP contribution in [0.4, 0.5) is 0 Å². The Morgan fingerprint density at radius 2 is 1.93 bits per heavy atom. The van der Waals surface area contributed by atoms with Gasteiger partial charge < -0.3 is 9.15 Å². The Labute approximate surface area is 158 Å². The van der Waals surface area contributed by atoms with Crippen LogP contribution in [0, 0.1) is 18.3 Å². The highest BCUT2D eigenvalue weighted by atomic mass is 16.5. The number of nitrogens with zero attached hydrogens (tertiary/aromatic N) is 4. The van der Waals surface area contributed by atoms with Gasteiger partial charge in [0.1, 0.15) is 12.4 Å². The summed E-state index contributed by atoms with van der Waals surface area (Å²) in [6.45, 7) is 3.91. The highest BCUT2D eigenvalue weighted by molar-refractivity contribution is 5.34. The van der Waals surface area contributed by atoms with Crippen molar-refractivity contribution >= 4 is 0 Å². The molecule has 0 spiro atoms. The molecule has 0 saturated carbocycles. The van der Waals surface area contributed by atoms with Crippen LogP contribution in [0.5, 0.6) is 5.75 Å². The summed E-state index contributed by atoms with van der Waals surface area (Å²) in [5.74, 6) is 2.00. The molecule has 3 aromatic rings. The molecule has 0 fully saturated rings. The summed E-state index contributed by atoms with van der Waals surface area (Å²) in [6.07, 6.45) is 0.842. The topological polar surface area (TPSA) is 75.2 Å². The SMILES string of the molecule is Cc1nnc(C2Cc3ccccc3CN2CCOc2ccc(C#N)cc2)o1. The maximum Gasteiger partial charge on any atom is 0.233 e. The lowest BCUT2D eigenvalue weighted by molar-refractivity contribution is 0.121. The first-order valence-corrected chi connectivity index (χ1v) is 8.97. The lowest BCUT2D eigenvalue weighted by Gasteiger charge is -2.34. The monoisotopic (exact) mass is 360 g/mol. The van der Waals surface area contributed by atoms with Gasteiger partial charge in [-0.3, -0.25) is 4.90 Å². The van der Waals surface area contributed by atoms with Crippen LogP contribution in [-0.4, -0.2) is 28.2 Å². The molecule has 1 unspecified atom stereocenters. The lowest BCUT2D eigenvalue weighted by Crippen LogP contribution is -2.37. The highest BCUT2D eigenvalue weighted by Gasteiger charge is 2.30. The second-order valence-corrected chi connectivity index (χ2v) is 6.60. The molecule has 0 saturated heterocycles. The summed E-state index contributed by atoms with van der Waals surface area (Å²) in [4.78, 5) is 2.32. The van der Waals surface area contributed by atoms with Crippen LogP contribution in [-0.2, 0) is 13.0 Å². The zero-order valence-corrected chi connectivity index (χ0v) is 15.1. The Bertz CT molecular complexity index is 959. The third-order valence-electron chi connectivity index (χ3n) is 4.80. The van der Waals surface area contributed by atoms with Crippen molar-refractivity contribution in [3.05, 3.63) is 77.0 Å². The van der Waals surface area contributed by atoms with Crippen LogP contribution in [0.2, 0.25) is 0 Å². The van der Waals surface area contributed by atoms with Gasteiger partial charge in [-0.1, -0.05) is 24.3 Å². The zero-order chi connectivity index (χ0) is 18.6. The van der Waals surface area contributed by atoms with Crippen molar-refractivity contribution < 1.29 is 9.15 Å². The van der Waals surface area contributed by atoms with E-state index in [1.807, 2.05) is 19.1 Å². The third-order valence-corrected chi connectivity index (χ3v) is 4.80. The van der Waals surface area contributed by atoms with Crippen LogP contribution in [0.25, 0.3) is 0 Å². The van der Waals surface area contributed by atoms with E-state index in [0.717, 1.165) is 25.3 Å². The fraction of sp³-hybridized carbons (Fsp3) is 0.286.